The summed E-state index contributed by atoms with van der Waals surface area (Å²) in [6.07, 6.45) is 9.56. The third kappa shape index (κ3) is 7.76. The van der Waals surface area contributed by atoms with Crippen LogP contribution in [0.15, 0.2) is 0 Å². The fourth-order valence-electron chi connectivity index (χ4n) is 3.10. The Morgan fingerprint density at radius 3 is 1.70 bits per heavy atom. The first kappa shape index (κ1) is 19.9. The SMILES string of the molecule is NC1CCCCC1.O=C(O)[C@@H](NC1CCCCC1)[C@@H](O)C(=O)O. The van der Waals surface area contributed by atoms with E-state index in [0.29, 0.717) is 6.04 Å². The predicted octanol–water partition coefficient (Wildman–Crippen LogP) is 1.09. The van der Waals surface area contributed by atoms with E-state index < -0.39 is 24.1 Å². The average molecular weight is 330 g/mol. The van der Waals surface area contributed by atoms with Crippen LogP contribution in [0.3, 0.4) is 0 Å². The largest absolute Gasteiger partial charge is 0.480 e. The maximum atomic E-state index is 10.8. The van der Waals surface area contributed by atoms with Crippen molar-refractivity contribution >= 4 is 11.9 Å². The number of aliphatic carboxylic acids is 2. The number of aliphatic hydroxyl groups excluding tert-OH is 1. The third-order valence-corrected chi connectivity index (χ3v) is 4.51. The van der Waals surface area contributed by atoms with E-state index in [1.807, 2.05) is 0 Å². The molecular weight excluding hydrogens is 300 g/mol. The first-order valence-corrected chi connectivity index (χ1v) is 8.57. The number of rotatable bonds is 5. The van der Waals surface area contributed by atoms with E-state index in [-0.39, 0.29) is 6.04 Å². The monoisotopic (exact) mass is 330 g/mol. The summed E-state index contributed by atoms with van der Waals surface area (Å²) in [6.45, 7) is 0. The van der Waals surface area contributed by atoms with Gasteiger partial charge in [-0.15, -0.1) is 0 Å². The van der Waals surface area contributed by atoms with E-state index >= 15 is 0 Å². The number of carboxylic acid groups (broad SMARTS) is 2. The van der Waals surface area contributed by atoms with Gasteiger partial charge in [-0.1, -0.05) is 38.5 Å². The standard InChI is InChI=1S/C10H17NO5.C6H13N/c12-8(10(15)16)7(9(13)14)11-6-4-2-1-3-5-6;7-6-4-2-1-3-5-6/h6-8,11-12H,1-5H2,(H,13,14)(H,15,16);6H,1-5,7H2/t7-,8+;/m0./s1. The highest BCUT2D eigenvalue weighted by molar-refractivity contribution is 5.84. The molecule has 2 fully saturated rings. The van der Waals surface area contributed by atoms with Crippen LogP contribution >= 0.6 is 0 Å². The Hall–Kier alpha value is -1.18. The van der Waals surface area contributed by atoms with Crippen LogP contribution in [-0.4, -0.2) is 51.5 Å². The summed E-state index contributed by atoms with van der Waals surface area (Å²) < 4.78 is 0. The molecule has 7 nitrogen and oxygen atoms in total. The molecule has 0 saturated heterocycles. The zero-order valence-corrected chi connectivity index (χ0v) is 13.6. The minimum atomic E-state index is -1.90. The Kier molecular flexibility index (Phi) is 9.13. The molecule has 6 N–H and O–H groups in total. The summed E-state index contributed by atoms with van der Waals surface area (Å²) in [4.78, 5) is 21.4. The van der Waals surface area contributed by atoms with Crippen LogP contribution in [0.5, 0.6) is 0 Å². The molecule has 0 bridgehead atoms. The van der Waals surface area contributed by atoms with Crippen molar-refractivity contribution in [1.29, 1.82) is 0 Å². The molecule has 23 heavy (non-hydrogen) atoms. The summed E-state index contributed by atoms with van der Waals surface area (Å²) in [7, 11) is 0. The summed E-state index contributed by atoms with van der Waals surface area (Å²) in [6, 6.07) is -0.904. The van der Waals surface area contributed by atoms with E-state index in [1.165, 1.54) is 32.1 Å². The molecular formula is C16H30N2O5. The van der Waals surface area contributed by atoms with Crippen molar-refractivity contribution in [2.24, 2.45) is 5.73 Å². The summed E-state index contributed by atoms with van der Waals surface area (Å²) >= 11 is 0. The second-order valence-corrected chi connectivity index (χ2v) is 6.50. The Balaban J connectivity index is 0.000000313. The average Bonchev–Trinajstić information content (AvgIpc) is 2.54. The van der Waals surface area contributed by atoms with Gasteiger partial charge in [-0.25, -0.2) is 4.79 Å². The molecule has 0 aromatic heterocycles. The Labute approximate surface area is 137 Å². The van der Waals surface area contributed by atoms with Gasteiger partial charge in [0, 0.05) is 12.1 Å². The van der Waals surface area contributed by atoms with Crippen LogP contribution in [0, 0.1) is 0 Å². The van der Waals surface area contributed by atoms with Crippen LogP contribution in [0.25, 0.3) is 0 Å². The Bertz CT molecular complexity index is 365. The van der Waals surface area contributed by atoms with Crippen molar-refractivity contribution in [3.63, 3.8) is 0 Å². The maximum Gasteiger partial charge on any atom is 0.334 e. The molecule has 7 heteroatoms. The van der Waals surface area contributed by atoms with Crippen LogP contribution in [-0.2, 0) is 9.59 Å². The molecule has 134 valence electrons. The molecule has 0 aromatic rings. The second kappa shape index (κ2) is 10.6. The number of carboxylic acids is 2. The number of hydrogen-bond acceptors (Lipinski definition) is 5. The minimum absolute atomic E-state index is 0.0103. The smallest absolute Gasteiger partial charge is 0.334 e. The number of nitrogens with one attached hydrogen (secondary N) is 1. The van der Waals surface area contributed by atoms with Crippen molar-refractivity contribution in [2.45, 2.75) is 88.4 Å². The molecule has 2 aliphatic rings. The molecule has 2 rings (SSSR count). The Morgan fingerprint density at radius 2 is 1.35 bits per heavy atom. The zero-order chi connectivity index (χ0) is 17.2. The fourth-order valence-corrected chi connectivity index (χ4v) is 3.10. The van der Waals surface area contributed by atoms with Crippen LogP contribution in [0.4, 0.5) is 0 Å². The molecule has 0 aromatic carbocycles. The zero-order valence-electron chi connectivity index (χ0n) is 13.6. The Morgan fingerprint density at radius 1 is 0.870 bits per heavy atom. The highest BCUT2D eigenvalue weighted by atomic mass is 16.4. The van der Waals surface area contributed by atoms with Crippen molar-refractivity contribution < 1.29 is 24.9 Å². The lowest BCUT2D eigenvalue weighted by molar-refractivity contribution is -0.156. The molecule has 0 unspecified atom stereocenters. The molecule has 0 radical (unpaired) electrons. The summed E-state index contributed by atoms with van der Waals surface area (Å²) in [5.41, 5.74) is 5.63. The summed E-state index contributed by atoms with van der Waals surface area (Å²) in [5, 5.41) is 29.4. The van der Waals surface area contributed by atoms with E-state index in [1.54, 1.807) is 0 Å². The van der Waals surface area contributed by atoms with Gasteiger partial charge >= 0.3 is 11.9 Å². The lowest BCUT2D eigenvalue weighted by Gasteiger charge is -2.27. The van der Waals surface area contributed by atoms with Crippen molar-refractivity contribution in [3.05, 3.63) is 0 Å². The maximum absolute atomic E-state index is 10.8. The van der Waals surface area contributed by atoms with E-state index in [0.717, 1.165) is 32.1 Å². The molecule has 2 aliphatic carbocycles. The summed E-state index contributed by atoms with van der Waals surface area (Å²) in [5.74, 6) is -2.85. The second-order valence-electron chi connectivity index (χ2n) is 6.50. The van der Waals surface area contributed by atoms with Crippen LogP contribution in [0.1, 0.15) is 64.2 Å². The van der Waals surface area contributed by atoms with E-state index in [2.05, 4.69) is 5.32 Å². The highest BCUT2D eigenvalue weighted by Crippen LogP contribution is 2.18. The molecule has 2 atom stereocenters. The number of hydrogen-bond donors (Lipinski definition) is 5. The predicted molar refractivity (Wildman–Crippen MR) is 86.1 cm³/mol. The van der Waals surface area contributed by atoms with Crippen molar-refractivity contribution in [3.8, 4) is 0 Å². The quantitative estimate of drug-likeness (QED) is 0.509. The molecule has 0 amide bonds. The first-order chi connectivity index (χ1) is 10.9. The van der Waals surface area contributed by atoms with Gasteiger partial charge < -0.3 is 21.1 Å². The van der Waals surface area contributed by atoms with Crippen LogP contribution < -0.4 is 11.1 Å². The topological polar surface area (TPSA) is 133 Å². The van der Waals surface area contributed by atoms with Crippen LogP contribution in [0.2, 0.25) is 0 Å². The van der Waals surface area contributed by atoms with Crippen molar-refractivity contribution in [1.82, 2.24) is 5.32 Å². The van der Waals surface area contributed by atoms with Gasteiger partial charge in [0.15, 0.2) is 6.10 Å². The molecule has 0 aliphatic heterocycles. The van der Waals surface area contributed by atoms with Gasteiger partial charge in [0.25, 0.3) is 0 Å². The molecule has 0 heterocycles. The van der Waals surface area contributed by atoms with Gasteiger partial charge in [0.1, 0.15) is 6.04 Å². The first-order valence-electron chi connectivity index (χ1n) is 8.57. The van der Waals surface area contributed by atoms with E-state index in [9.17, 15) is 14.7 Å². The van der Waals surface area contributed by atoms with Gasteiger partial charge in [-0.05, 0) is 25.7 Å². The van der Waals surface area contributed by atoms with Gasteiger partial charge in [-0.2, -0.15) is 0 Å². The van der Waals surface area contributed by atoms with Gasteiger partial charge in [0.2, 0.25) is 0 Å². The number of aliphatic hydroxyl groups is 1. The lowest BCUT2D eigenvalue weighted by Crippen LogP contribution is -2.53. The lowest BCUT2D eigenvalue weighted by atomic mass is 9.94. The van der Waals surface area contributed by atoms with Crippen molar-refractivity contribution in [2.75, 3.05) is 0 Å². The number of carbonyl (C=O) groups is 2. The molecule has 0 spiro atoms. The van der Waals surface area contributed by atoms with Gasteiger partial charge in [-0.3, -0.25) is 10.1 Å². The highest BCUT2D eigenvalue weighted by Gasteiger charge is 2.33. The fraction of sp³-hybridized carbons (Fsp3) is 0.875. The normalized spacial score (nSPS) is 22.5. The van der Waals surface area contributed by atoms with E-state index in [4.69, 9.17) is 15.9 Å². The third-order valence-electron chi connectivity index (χ3n) is 4.51. The minimum Gasteiger partial charge on any atom is -0.480 e. The molecule has 2 saturated carbocycles. The van der Waals surface area contributed by atoms with Gasteiger partial charge in [0.05, 0.1) is 0 Å². The number of nitrogens with two attached hydrogens (primary N) is 1.